The first-order valence-corrected chi connectivity index (χ1v) is 6.03. The molecule has 0 fully saturated rings. The van der Waals surface area contributed by atoms with E-state index in [1.54, 1.807) is 6.92 Å². The van der Waals surface area contributed by atoms with Gasteiger partial charge in [0.05, 0.1) is 0 Å². The zero-order valence-electron chi connectivity index (χ0n) is 10.5. The van der Waals surface area contributed by atoms with Crippen molar-refractivity contribution in [2.75, 3.05) is 5.73 Å². The van der Waals surface area contributed by atoms with E-state index < -0.39 is 40.4 Å². The van der Waals surface area contributed by atoms with Crippen molar-refractivity contribution in [2.45, 2.75) is 45.4 Å². The first-order chi connectivity index (χ1) is 8.41. The van der Waals surface area contributed by atoms with Crippen LogP contribution < -0.4 is 5.73 Å². The van der Waals surface area contributed by atoms with Crippen molar-refractivity contribution < 1.29 is 17.6 Å². The van der Waals surface area contributed by atoms with E-state index >= 15 is 0 Å². The van der Waals surface area contributed by atoms with Crippen LogP contribution in [0.5, 0.6) is 0 Å². The Bertz CT molecular complexity index is 402. The largest absolute Gasteiger partial charge is 0.394 e. The SMILES string of the molecule is CCCCCC(C)c1c(F)c(F)c(N)c(F)c1F. The number of nitrogen functional groups attached to an aromatic ring is 1. The van der Waals surface area contributed by atoms with Crippen molar-refractivity contribution in [3.63, 3.8) is 0 Å². The third-order valence-electron chi connectivity index (χ3n) is 3.06. The summed E-state index contributed by atoms with van der Waals surface area (Å²) >= 11 is 0. The Hall–Kier alpha value is -1.26. The van der Waals surface area contributed by atoms with Crippen LogP contribution in [0.1, 0.15) is 51.0 Å². The quantitative estimate of drug-likeness (QED) is 0.360. The molecule has 102 valence electrons. The van der Waals surface area contributed by atoms with Gasteiger partial charge in [-0.3, -0.25) is 0 Å². The van der Waals surface area contributed by atoms with Crippen molar-refractivity contribution in [3.05, 3.63) is 28.8 Å². The lowest BCUT2D eigenvalue weighted by molar-refractivity contribution is 0.427. The number of nitrogens with two attached hydrogens (primary N) is 1. The Morgan fingerprint density at radius 1 is 0.944 bits per heavy atom. The van der Waals surface area contributed by atoms with E-state index in [0.717, 1.165) is 19.3 Å². The maximum Gasteiger partial charge on any atom is 0.185 e. The van der Waals surface area contributed by atoms with Gasteiger partial charge in [-0.15, -0.1) is 0 Å². The van der Waals surface area contributed by atoms with Crippen LogP contribution in [0.25, 0.3) is 0 Å². The number of hydrogen-bond acceptors (Lipinski definition) is 1. The fourth-order valence-electron chi connectivity index (χ4n) is 1.94. The number of halogens is 4. The van der Waals surface area contributed by atoms with Crippen LogP contribution in [0.3, 0.4) is 0 Å². The molecule has 5 heteroatoms. The molecule has 0 saturated carbocycles. The third-order valence-corrected chi connectivity index (χ3v) is 3.06. The van der Waals surface area contributed by atoms with Gasteiger partial charge in [0, 0.05) is 5.56 Å². The fraction of sp³-hybridized carbons (Fsp3) is 0.538. The van der Waals surface area contributed by atoms with Gasteiger partial charge in [-0.2, -0.15) is 0 Å². The van der Waals surface area contributed by atoms with Crippen molar-refractivity contribution >= 4 is 5.69 Å². The molecule has 0 aliphatic heterocycles. The van der Waals surface area contributed by atoms with E-state index in [-0.39, 0.29) is 0 Å². The summed E-state index contributed by atoms with van der Waals surface area (Å²) in [5.74, 6) is -6.36. The molecule has 1 atom stereocenters. The molecule has 1 aromatic rings. The smallest absolute Gasteiger partial charge is 0.185 e. The maximum absolute atomic E-state index is 13.6. The topological polar surface area (TPSA) is 26.0 Å². The minimum absolute atomic E-state index is 0.477. The Kier molecular flexibility index (Phi) is 4.99. The molecule has 1 rings (SSSR count). The van der Waals surface area contributed by atoms with Crippen LogP contribution in [-0.4, -0.2) is 0 Å². The van der Waals surface area contributed by atoms with E-state index in [9.17, 15) is 17.6 Å². The summed E-state index contributed by atoms with van der Waals surface area (Å²) in [6.45, 7) is 3.54. The Balaban J connectivity index is 3.08. The first-order valence-electron chi connectivity index (χ1n) is 6.03. The summed E-state index contributed by atoms with van der Waals surface area (Å²) in [7, 11) is 0. The molecule has 1 aromatic carbocycles. The average molecular weight is 263 g/mol. The van der Waals surface area contributed by atoms with Crippen molar-refractivity contribution in [1.29, 1.82) is 0 Å². The van der Waals surface area contributed by atoms with Crippen LogP contribution in [-0.2, 0) is 0 Å². The van der Waals surface area contributed by atoms with Gasteiger partial charge >= 0.3 is 0 Å². The molecule has 0 amide bonds. The molecule has 1 nitrogen and oxygen atoms in total. The Morgan fingerprint density at radius 2 is 1.44 bits per heavy atom. The van der Waals surface area contributed by atoms with Gasteiger partial charge in [0.25, 0.3) is 0 Å². The Labute approximate surface area is 104 Å². The molecule has 18 heavy (non-hydrogen) atoms. The third kappa shape index (κ3) is 2.76. The van der Waals surface area contributed by atoms with Crippen molar-refractivity contribution in [1.82, 2.24) is 0 Å². The zero-order valence-corrected chi connectivity index (χ0v) is 10.5. The first kappa shape index (κ1) is 14.8. The van der Waals surface area contributed by atoms with Crippen LogP contribution >= 0.6 is 0 Å². The normalized spacial score (nSPS) is 12.8. The van der Waals surface area contributed by atoms with Crippen LogP contribution in [0.15, 0.2) is 0 Å². The lowest BCUT2D eigenvalue weighted by Crippen LogP contribution is -2.10. The van der Waals surface area contributed by atoms with Gasteiger partial charge in [-0.1, -0.05) is 33.1 Å². The van der Waals surface area contributed by atoms with Gasteiger partial charge in [-0.25, -0.2) is 17.6 Å². The minimum atomic E-state index is -1.51. The summed E-state index contributed by atoms with van der Waals surface area (Å²) in [6, 6.07) is 0. The van der Waals surface area contributed by atoms with Gasteiger partial charge in [0.1, 0.15) is 5.69 Å². The van der Waals surface area contributed by atoms with Gasteiger partial charge in [0.2, 0.25) is 0 Å². The lowest BCUT2D eigenvalue weighted by atomic mass is 9.93. The number of benzene rings is 1. The molecule has 0 saturated heterocycles. The molecule has 2 N–H and O–H groups in total. The molecule has 1 unspecified atom stereocenters. The fourth-order valence-corrected chi connectivity index (χ4v) is 1.94. The standard InChI is InChI=1S/C13H17F4N/c1-3-4-5-6-7(2)8-9(14)11(16)13(18)12(17)10(8)15/h7H,3-6,18H2,1-2H3. The predicted molar refractivity (Wildman–Crippen MR) is 63.2 cm³/mol. The highest BCUT2D eigenvalue weighted by atomic mass is 19.2. The molecule has 0 aromatic heterocycles. The maximum atomic E-state index is 13.6. The summed E-state index contributed by atoms with van der Waals surface area (Å²) in [6.07, 6.45) is 3.10. The Morgan fingerprint density at radius 3 is 1.89 bits per heavy atom. The molecule has 0 bridgehead atoms. The second kappa shape index (κ2) is 6.07. The average Bonchev–Trinajstić information content (AvgIpc) is 2.34. The van der Waals surface area contributed by atoms with Gasteiger partial charge in [-0.05, 0) is 12.3 Å². The summed E-state index contributed by atoms with van der Waals surface area (Å²) < 4.78 is 53.8. The van der Waals surface area contributed by atoms with E-state index in [0.29, 0.717) is 6.42 Å². The molecule has 0 aliphatic rings. The summed E-state index contributed by atoms with van der Waals surface area (Å²) in [4.78, 5) is 0. The second-order valence-corrected chi connectivity index (χ2v) is 4.48. The van der Waals surface area contributed by atoms with Gasteiger partial charge in [0.15, 0.2) is 23.3 Å². The van der Waals surface area contributed by atoms with Gasteiger partial charge < -0.3 is 5.73 Å². The van der Waals surface area contributed by atoms with E-state index in [1.807, 2.05) is 6.92 Å². The number of anilines is 1. The van der Waals surface area contributed by atoms with E-state index in [1.165, 1.54) is 0 Å². The van der Waals surface area contributed by atoms with Crippen LogP contribution in [0.2, 0.25) is 0 Å². The number of rotatable bonds is 5. The second-order valence-electron chi connectivity index (χ2n) is 4.48. The molecule has 0 aliphatic carbocycles. The van der Waals surface area contributed by atoms with Crippen LogP contribution in [0, 0.1) is 23.3 Å². The summed E-state index contributed by atoms with van der Waals surface area (Å²) in [5.41, 5.74) is 3.30. The van der Waals surface area contributed by atoms with Crippen molar-refractivity contribution in [2.24, 2.45) is 0 Å². The molecule has 0 radical (unpaired) electrons. The molecule has 0 spiro atoms. The minimum Gasteiger partial charge on any atom is -0.394 e. The highest BCUT2D eigenvalue weighted by molar-refractivity contribution is 5.46. The van der Waals surface area contributed by atoms with E-state index in [4.69, 9.17) is 5.73 Å². The summed E-state index contributed by atoms with van der Waals surface area (Å²) in [5, 5.41) is 0. The van der Waals surface area contributed by atoms with Crippen molar-refractivity contribution in [3.8, 4) is 0 Å². The molecule has 0 heterocycles. The highest BCUT2D eigenvalue weighted by Gasteiger charge is 2.26. The molecular weight excluding hydrogens is 246 g/mol. The lowest BCUT2D eigenvalue weighted by Gasteiger charge is -2.15. The monoisotopic (exact) mass is 263 g/mol. The predicted octanol–water partition coefficient (Wildman–Crippen LogP) is 4.51. The van der Waals surface area contributed by atoms with Crippen LogP contribution in [0.4, 0.5) is 23.2 Å². The number of unbranched alkanes of at least 4 members (excludes halogenated alkanes) is 2. The highest BCUT2D eigenvalue weighted by Crippen LogP contribution is 2.33. The zero-order chi connectivity index (χ0) is 13.9. The van der Waals surface area contributed by atoms with E-state index in [2.05, 4.69) is 0 Å². The molecular formula is C13H17F4N. The number of hydrogen-bond donors (Lipinski definition) is 1.